The molecule has 0 unspecified atom stereocenters. The number of para-hydroxylation sites is 1. The molecule has 1 aliphatic rings. The van der Waals surface area contributed by atoms with Crippen molar-refractivity contribution in [3.05, 3.63) is 29.3 Å². The molecule has 1 saturated heterocycles. The van der Waals surface area contributed by atoms with Crippen molar-refractivity contribution < 1.29 is 4.74 Å². The zero-order valence-electron chi connectivity index (χ0n) is 7.23. The van der Waals surface area contributed by atoms with Gasteiger partial charge in [0.25, 0.3) is 0 Å². The molecule has 0 bridgehead atoms. The first-order valence-electron chi connectivity index (χ1n) is 4.35. The van der Waals surface area contributed by atoms with Crippen molar-refractivity contribution >= 4 is 21.6 Å². The summed E-state index contributed by atoms with van der Waals surface area (Å²) in [6, 6.07) is 8.20. The molecule has 66 valence electrons. The van der Waals surface area contributed by atoms with Crippen molar-refractivity contribution in [3.63, 3.8) is 0 Å². The van der Waals surface area contributed by atoms with Gasteiger partial charge in [-0.2, -0.15) is 0 Å². The minimum absolute atomic E-state index is 0.261. The van der Waals surface area contributed by atoms with E-state index in [1.54, 1.807) is 11.3 Å². The van der Waals surface area contributed by atoms with Crippen LogP contribution in [0.4, 0.5) is 0 Å². The van der Waals surface area contributed by atoms with Crippen molar-refractivity contribution in [3.8, 4) is 0 Å². The number of fused-ring (bicyclic) bond motifs is 1. The second-order valence-electron chi connectivity index (χ2n) is 3.28. The molecule has 3 rings (SSSR count). The Bertz CT molecular complexity index is 418. The molecule has 0 radical (unpaired) electrons. The van der Waals surface area contributed by atoms with Gasteiger partial charge in [-0.15, -0.1) is 11.3 Å². The number of epoxide rings is 1. The topological polar surface area (TPSA) is 25.4 Å². The minimum atomic E-state index is 0.261. The van der Waals surface area contributed by atoms with Crippen LogP contribution in [-0.4, -0.2) is 11.1 Å². The van der Waals surface area contributed by atoms with Gasteiger partial charge in [-0.05, 0) is 19.1 Å². The quantitative estimate of drug-likeness (QED) is 0.648. The van der Waals surface area contributed by atoms with Crippen molar-refractivity contribution in [2.24, 2.45) is 0 Å². The van der Waals surface area contributed by atoms with E-state index in [9.17, 15) is 0 Å². The Labute approximate surface area is 80.2 Å². The summed E-state index contributed by atoms with van der Waals surface area (Å²) in [5, 5.41) is 1.12. The standard InChI is InChI=1S/C10H9NOS/c1-6-9(12-6)10-11-7-4-2-3-5-8(7)13-10/h2-6,9H,1H3/t6-,9-/m0/s1. The van der Waals surface area contributed by atoms with Crippen LogP contribution in [0.25, 0.3) is 10.2 Å². The van der Waals surface area contributed by atoms with Gasteiger partial charge >= 0.3 is 0 Å². The number of benzene rings is 1. The molecule has 1 aromatic heterocycles. The first-order valence-corrected chi connectivity index (χ1v) is 5.17. The van der Waals surface area contributed by atoms with Gasteiger partial charge in [-0.3, -0.25) is 0 Å². The summed E-state index contributed by atoms with van der Waals surface area (Å²) >= 11 is 1.74. The van der Waals surface area contributed by atoms with Crippen molar-refractivity contribution in [2.75, 3.05) is 0 Å². The molecule has 1 aliphatic heterocycles. The van der Waals surface area contributed by atoms with Gasteiger partial charge in [0.1, 0.15) is 11.1 Å². The zero-order valence-corrected chi connectivity index (χ0v) is 8.04. The lowest BCUT2D eigenvalue weighted by Gasteiger charge is -1.81. The molecule has 2 nitrogen and oxygen atoms in total. The van der Waals surface area contributed by atoms with Crippen molar-refractivity contribution in [1.29, 1.82) is 0 Å². The van der Waals surface area contributed by atoms with Crippen molar-refractivity contribution in [2.45, 2.75) is 19.1 Å². The normalized spacial score (nSPS) is 26.5. The summed E-state index contributed by atoms with van der Waals surface area (Å²) in [7, 11) is 0. The Kier molecular flexibility index (Phi) is 1.45. The molecule has 1 fully saturated rings. The Balaban J connectivity index is 2.12. The molecule has 2 aromatic rings. The molecule has 0 amide bonds. The zero-order chi connectivity index (χ0) is 8.84. The van der Waals surface area contributed by atoms with Crippen LogP contribution >= 0.6 is 11.3 Å². The van der Waals surface area contributed by atoms with E-state index in [4.69, 9.17) is 4.74 Å². The van der Waals surface area contributed by atoms with Gasteiger partial charge in [0.05, 0.1) is 16.3 Å². The van der Waals surface area contributed by atoms with Crippen LogP contribution in [0.5, 0.6) is 0 Å². The first kappa shape index (κ1) is 7.47. The van der Waals surface area contributed by atoms with Gasteiger partial charge in [0.15, 0.2) is 0 Å². The first-order chi connectivity index (χ1) is 6.34. The van der Waals surface area contributed by atoms with Gasteiger partial charge in [-0.1, -0.05) is 12.1 Å². The van der Waals surface area contributed by atoms with Crippen LogP contribution < -0.4 is 0 Å². The summed E-state index contributed by atoms with van der Waals surface area (Å²) in [5.41, 5.74) is 1.09. The van der Waals surface area contributed by atoms with E-state index in [1.165, 1.54) is 4.70 Å². The average Bonchev–Trinajstić information content (AvgIpc) is 2.74. The van der Waals surface area contributed by atoms with Gasteiger partial charge in [-0.25, -0.2) is 4.98 Å². The predicted octanol–water partition coefficient (Wildman–Crippen LogP) is 2.76. The van der Waals surface area contributed by atoms with Crippen LogP contribution in [0.1, 0.15) is 18.0 Å². The molecule has 2 heterocycles. The molecular formula is C10H9NOS. The summed E-state index contributed by atoms with van der Waals surface area (Å²) in [4.78, 5) is 4.52. The van der Waals surface area contributed by atoms with E-state index < -0.39 is 0 Å². The fraction of sp³-hybridized carbons (Fsp3) is 0.300. The van der Waals surface area contributed by atoms with Crippen LogP contribution in [0.2, 0.25) is 0 Å². The maximum Gasteiger partial charge on any atom is 0.135 e. The molecule has 1 aromatic carbocycles. The lowest BCUT2D eigenvalue weighted by molar-refractivity contribution is 0.383. The van der Waals surface area contributed by atoms with Gasteiger partial charge in [0, 0.05) is 0 Å². The molecular weight excluding hydrogens is 182 g/mol. The smallest absolute Gasteiger partial charge is 0.135 e. The van der Waals surface area contributed by atoms with Crippen LogP contribution in [0.3, 0.4) is 0 Å². The minimum Gasteiger partial charge on any atom is -0.362 e. The summed E-state index contributed by atoms with van der Waals surface area (Å²) < 4.78 is 6.63. The fourth-order valence-electron chi connectivity index (χ4n) is 1.46. The third kappa shape index (κ3) is 1.16. The predicted molar refractivity (Wildman–Crippen MR) is 52.9 cm³/mol. The third-order valence-electron chi connectivity index (χ3n) is 2.26. The highest BCUT2D eigenvalue weighted by Gasteiger charge is 2.38. The van der Waals surface area contributed by atoms with Crippen molar-refractivity contribution in [1.82, 2.24) is 4.98 Å². The number of hydrogen-bond acceptors (Lipinski definition) is 3. The average molecular weight is 191 g/mol. The molecule has 3 heteroatoms. The number of aromatic nitrogens is 1. The monoisotopic (exact) mass is 191 g/mol. The second-order valence-corrected chi connectivity index (χ2v) is 4.34. The summed E-state index contributed by atoms with van der Waals surface area (Å²) in [6.07, 6.45) is 0.623. The van der Waals surface area contributed by atoms with E-state index in [-0.39, 0.29) is 6.10 Å². The van der Waals surface area contributed by atoms with Crippen LogP contribution in [0, 0.1) is 0 Å². The van der Waals surface area contributed by atoms with E-state index in [1.807, 2.05) is 18.2 Å². The lowest BCUT2D eigenvalue weighted by Crippen LogP contribution is -1.79. The molecule has 2 atom stereocenters. The van der Waals surface area contributed by atoms with E-state index in [0.717, 1.165) is 10.5 Å². The second kappa shape index (κ2) is 2.53. The molecule has 0 saturated carbocycles. The highest BCUT2D eigenvalue weighted by Crippen LogP contribution is 2.41. The molecule has 13 heavy (non-hydrogen) atoms. The molecule has 0 spiro atoms. The summed E-state index contributed by atoms with van der Waals surface area (Å²) in [6.45, 7) is 2.08. The fourth-order valence-corrected chi connectivity index (χ4v) is 2.55. The summed E-state index contributed by atoms with van der Waals surface area (Å²) in [5.74, 6) is 0. The lowest BCUT2D eigenvalue weighted by atomic mass is 10.3. The van der Waals surface area contributed by atoms with Crippen LogP contribution in [-0.2, 0) is 4.74 Å². The Morgan fingerprint density at radius 3 is 2.85 bits per heavy atom. The number of thiazole rings is 1. The Hall–Kier alpha value is -0.930. The Morgan fingerprint density at radius 2 is 2.15 bits per heavy atom. The van der Waals surface area contributed by atoms with E-state index in [0.29, 0.717) is 6.10 Å². The number of ether oxygens (including phenoxy) is 1. The third-order valence-corrected chi connectivity index (χ3v) is 3.36. The Morgan fingerprint density at radius 1 is 1.38 bits per heavy atom. The van der Waals surface area contributed by atoms with Gasteiger partial charge < -0.3 is 4.74 Å². The molecule has 0 aliphatic carbocycles. The number of nitrogens with zero attached hydrogens (tertiary/aromatic N) is 1. The largest absolute Gasteiger partial charge is 0.362 e. The highest BCUT2D eigenvalue weighted by atomic mass is 32.1. The van der Waals surface area contributed by atoms with Crippen LogP contribution in [0.15, 0.2) is 24.3 Å². The molecule has 0 N–H and O–H groups in total. The number of hydrogen-bond donors (Lipinski definition) is 0. The van der Waals surface area contributed by atoms with Gasteiger partial charge in [0.2, 0.25) is 0 Å². The number of rotatable bonds is 1. The maximum atomic E-state index is 5.38. The van der Waals surface area contributed by atoms with E-state index in [2.05, 4.69) is 18.0 Å². The highest BCUT2D eigenvalue weighted by molar-refractivity contribution is 7.18. The SMILES string of the molecule is C[C@@H]1O[C@@H]1c1nc2ccccc2s1. The maximum absolute atomic E-state index is 5.38. The van der Waals surface area contributed by atoms with E-state index >= 15 is 0 Å².